The van der Waals surface area contributed by atoms with Gasteiger partial charge in [-0.25, -0.2) is 8.78 Å². The van der Waals surface area contributed by atoms with Crippen LogP contribution in [0.4, 0.5) is 8.78 Å². The molecule has 0 radical (unpaired) electrons. The molecule has 3 heteroatoms. The summed E-state index contributed by atoms with van der Waals surface area (Å²) in [4.78, 5) is 10.3. The number of hydrogen-bond donors (Lipinski definition) is 0. The predicted octanol–water partition coefficient (Wildman–Crippen LogP) is 2.27. The molecular weight excluding hydrogens is 174 g/mol. The minimum absolute atomic E-state index is 0.104. The van der Waals surface area contributed by atoms with Gasteiger partial charge in [0, 0.05) is 5.92 Å². The molecule has 0 heterocycles. The van der Waals surface area contributed by atoms with Crippen molar-refractivity contribution in [3.63, 3.8) is 0 Å². The predicted molar refractivity (Wildman–Crippen MR) is 43.3 cm³/mol. The molecule has 1 aromatic carbocycles. The highest BCUT2D eigenvalue weighted by molar-refractivity contribution is 5.61. The first-order chi connectivity index (χ1) is 6.22. The standard InChI is InChI=1S/C10H8F2O/c11-7-1-2-10(12)9(4-7)8-3-6(8)5-13/h1-2,4-6,8H,3H2/t6-,8+/m0/s1. The van der Waals surface area contributed by atoms with Crippen LogP contribution in [0.1, 0.15) is 17.9 Å². The Morgan fingerprint density at radius 3 is 2.77 bits per heavy atom. The lowest BCUT2D eigenvalue weighted by atomic mass is 10.1. The normalized spacial score (nSPS) is 25.7. The first-order valence-corrected chi connectivity index (χ1v) is 4.12. The molecule has 1 aromatic rings. The topological polar surface area (TPSA) is 17.1 Å². The fraction of sp³-hybridized carbons (Fsp3) is 0.300. The zero-order valence-corrected chi connectivity index (χ0v) is 6.84. The number of carbonyl (C=O) groups excluding carboxylic acids is 1. The van der Waals surface area contributed by atoms with Crippen molar-refractivity contribution in [2.45, 2.75) is 12.3 Å². The number of hydrogen-bond acceptors (Lipinski definition) is 1. The number of carbonyl (C=O) groups is 1. The molecular formula is C10H8F2O. The third-order valence-corrected chi connectivity index (χ3v) is 2.37. The molecule has 0 saturated heterocycles. The zero-order chi connectivity index (χ0) is 9.42. The van der Waals surface area contributed by atoms with Gasteiger partial charge < -0.3 is 4.79 Å². The van der Waals surface area contributed by atoms with Crippen molar-refractivity contribution in [1.82, 2.24) is 0 Å². The molecule has 0 aliphatic heterocycles. The third-order valence-electron chi connectivity index (χ3n) is 2.37. The van der Waals surface area contributed by atoms with Gasteiger partial charge in [0.05, 0.1) is 0 Å². The molecule has 0 unspecified atom stereocenters. The van der Waals surface area contributed by atoms with Gasteiger partial charge in [-0.3, -0.25) is 0 Å². The van der Waals surface area contributed by atoms with Crippen LogP contribution in [0.5, 0.6) is 0 Å². The quantitative estimate of drug-likeness (QED) is 0.641. The Morgan fingerprint density at radius 2 is 2.15 bits per heavy atom. The highest BCUT2D eigenvalue weighted by Crippen LogP contribution is 2.46. The van der Waals surface area contributed by atoms with Gasteiger partial charge in [0.1, 0.15) is 17.9 Å². The molecule has 0 spiro atoms. The van der Waals surface area contributed by atoms with Crippen LogP contribution in [-0.2, 0) is 4.79 Å². The van der Waals surface area contributed by atoms with Crippen LogP contribution in [0.3, 0.4) is 0 Å². The van der Waals surface area contributed by atoms with Crippen molar-refractivity contribution < 1.29 is 13.6 Å². The minimum Gasteiger partial charge on any atom is -0.303 e. The number of rotatable bonds is 2. The fourth-order valence-electron chi connectivity index (χ4n) is 1.52. The second-order valence-electron chi connectivity index (χ2n) is 3.31. The van der Waals surface area contributed by atoms with Crippen molar-refractivity contribution >= 4 is 6.29 Å². The summed E-state index contributed by atoms with van der Waals surface area (Å²) in [6, 6.07) is 3.35. The Balaban J connectivity index is 2.30. The molecule has 0 N–H and O–H groups in total. The molecule has 1 fully saturated rings. The molecule has 2 atom stereocenters. The minimum atomic E-state index is -0.451. The average Bonchev–Trinajstić information content (AvgIpc) is 2.88. The van der Waals surface area contributed by atoms with Crippen molar-refractivity contribution in [2.24, 2.45) is 5.92 Å². The fourth-order valence-corrected chi connectivity index (χ4v) is 1.52. The smallest absolute Gasteiger partial charge is 0.126 e. The Labute approximate surface area is 74.4 Å². The zero-order valence-electron chi connectivity index (χ0n) is 6.84. The van der Waals surface area contributed by atoms with Crippen LogP contribution >= 0.6 is 0 Å². The van der Waals surface area contributed by atoms with Gasteiger partial charge in [0.2, 0.25) is 0 Å². The van der Waals surface area contributed by atoms with Gasteiger partial charge in [-0.1, -0.05) is 0 Å². The van der Waals surface area contributed by atoms with Gasteiger partial charge in [-0.05, 0) is 36.1 Å². The van der Waals surface area contributed by atoms with Gasteiger partial charge in [-0.15, -0.1) is 0 Å². The van der Waals surface area contributed by atoms with E-state index in [-0.39, 0.29) is 11.8 Å². The van der Waals surface area contributed by atoms with Crippen molar-refractivity contribution in [1.29, 1.82) is 0 Å². The number of aldehydes is 1. The summed E-state index contributed by atoms with van der Waals surface area (Å²) in [5, 5.41) is 0. The molecule has 1 saturated carbocycles. The molecule has 1 aliphatic carbocycles. The Bertz CT molecular complexity index is 349. The summed E-state index contributed by atoms with van der Waals surface area (Å²) in [6.07, 6.45) is 1.44. The maximum atomic E-state index is 13.1. The molecule has 1 aliphatic rings. The van der Waals surface area contributed by atoms with Gasteiger partial charge in [-0.2, -0.15) is 0 Å². The van der Waals surface area contributed by atoms with Crippen LogP contribution in [0.15, 0.2) is 18.2 Å². The van der Waals surface area contributed by atoms with Crippen LogP contribution < -0.4 is 0 Å². The second-order valence-corrected chi connectivity index (χ2v) is 3.31. The Hall–Kier alpha value is -1.25. The van der Waals surface area contributed by atoms with E-state index < -0.39 is 11.6 Å². The molecule has 1 nitrogen and oxygen atoms in total. The van der Waals surface area contributed by atoms with E-state index in [1.165, 1.54) is 6.07 Å². The molecule has 2 rings (SSSR count). The van der Waals surface area contributed by atoms with E-state index >= 15 is 0 Å². The lowest BCUT2D eigenvalue weighted by molar-refractivity contribution is -0.108. The third kappa shape index (κ3) is 1.46. The largest absolute Gasteiger partial charge is 0.303 e. The van der Waals surface area contributed by atoms with Crippen LogP contribution in [0.25, 0.3) is 0 Å². The lowest BCUT2D eigenvalue weighted by Crippen LogP contribution is -1.91. The molecule has 0 aromatic heterocycles. The lowest BCUT2D eigenvalue weighted by Gasteiger charge is -1.99. The second kappa shape index (κ2) is 2.91. The summed E-state index contributed by atoms with van der Waals surface area (Å²) in [5.41, 5.74) is 0.331. The highest BCUT2D eigenvalue weighted by atomic mass is 19.1. The van der Waals surface area contributed by atoms with Crippen LogP contribution in [-0.4, -0.2) is 6.29 Å². The van der Waals surface area contributed by atoms with Crippen molar-refractivity contribution in [3.8, 4) is 0 Å². The van der Waals surface area contributed by atoms with Gasteiger partial charge in [0.15, 0.2) is 0 Å². The van der Waals surface area contributed by atoms with Crippen molar-refractivity contribution in [3.05, 3.63) is 35.4 Å². The van der Waals surface area contributed by atoms with Gasteiger partial charge >= 0.3 is 0 Å². The van der Waals surface area contributed by atoms with E-state index in [9.17, 15) is 13.6 Å². The van der Waals surface area contributed by atoms with E-state index in [0.717, 1.165) is 18.4 Å². The molecule has 0 bridgehead atoms. The van der Waals surface area contributed by atoms with E-state index in [1.54, 1.807) is 0 Å². The molecule has 68 valence electrons. The van der Waals surface area contributed by atoms with E-state index in [4.69, 9.17) is 0 Å². The average molecular weight is 182 g/mol. The Morgan fingerprint density at radius 1 is 1.38 bits per heavy atom. The number of halogens is 2. The summed E-state index contributed by atoms with van der Waals surface area (Å²) >= 11 is 0. The maximum Gasteiger partial charge on any atom is 0.126 e. The molecule has 0 amide bonds. The van der Waals surface area contributed by atoms with Crippen LogP contribution in [0, 0.1) is 17.6 Å². The SMILES string of the molecule is O=C[C@@H]1C[C@H]1c1cc(F)ccc1F. The highest BCUT2D eigenvalue weighted by Gasteiger charge is 2.39. The molecule has 13 heavy (non-hydrogen) atoms. The van der Waals surface area contributed by atoms with Crippen LogP contribution in [0.2, 0.25) is 0 Å². The van der Waals surface area contributed by atoms with Crippen molar-refractivity contribution in [2.75, 3.05) is 0 Å². The van der Waals surface area contributed by atoms with Gasteiger partial charge in [0.25, 0.3) is 0 Å². The first-order valence-electron chi connectivity index (χ1n) is 4.12. The van der Waals surface area contributed by atoms with E-state index in [0.29, 0.717) is 12.0 Å². The summed E-state index contributed by atoms with van der Waals surface area (Å²) in [6.45, 7) is 0. The first kappa shape index (κ1) is 8.35. The maximum absolute atomic E-state index is 13.1. The summed E-state index contributed by atoms with van der Waals surface area (Å²) < 4.78 is 25.8. The Kier molecular flexibility index (Phi) is 1.87. The number of benzene rings is 1. The summed E-state index contributed by atoms with van der Waals surface area (Å²) in [7, 11) is 0. The van der Waals surface area contributed by atoms with E-state index in [2.05, 4.69) is 0 Å². The summed E-state index contributed by atoms with van der Waals surface area (Å²) in [5.74, 6) is -1.09. The van der Waals surface area contributed by atoms with E-state index in [1.807, 2.05) is 0 Å². The monoisotopic (exact) mass is 182 g/mol.